The molecule has 1 aromatic carbocycles. The minimum atomic E-state index is -0.434. The molecule has 0 aromatic heterocycles. The van der Waals surface area contributed by atoms with E-state index in [2.05, 4.69) is 0 Å². The van der Waals surface area contributed by atoms with Crippen LogP contribution in [0.1, 0.15) is 31.2 Å². The molecule has 0 saturated heterocycles. The molecule has 0 unspecified atom stereocenters. The summed E-state index contributed by atoms with van der Waals surface area (Å²) in [4.78, 5) is 0. The maximum atomic E-state index is 6.55. The van der Waals surface area contributed by atoms with E-state index in [1.165, 1.54) is 0 Å². The van der Waals surface area contributed by atoms with Crippen molar-refractivity contribution in [3.63, 3.8) is 0 Å². The fourth-order valence-electron chi connectivity index (χ4n) is 2.99. The summed E-state index contributed by atoms with van der Waals surface area (Å²) in [5, 5.41) is 0.552. The minimum absolute atomic E-state index is 0.434. The van der Waals surface area contributed by atoms with Crippen LogP contribution in [0.4, 0.5) is 0 Å². The number of rotatable bonds is 2. The normalized spacial score (nSPS) is 20.4. The predicted molar refractivity (Wildman–Crippen MR) is 73.3 cm³/mol. The van der Waals surface area contributed by atoms with Crippen molar-refractivity contribution in [2.75, 3.05) is 20.3 Å². The Bertz CT molecular complexity index is 498. The van der Waals surface area contributed by atoms with Gasteiger partial charge < -0.3 is 19.9 Å². The molecular weight excluding hydrogens is 266 g/mol. The van der Waals surface area contributed by atoms with Gasteiger partial charge in [-0.05, 0) is 12.8 Å². The van der Waals surface area contributed by atoms with Crippen LogP contribution < -0.4 is 19.9 Å². The van der Waals surface area contributed by atoms with E-state index in [0.29, 0.717) is 35.5 Å². The lowest BCUT2D eigenvalue weighted by Crippen LogP contribution is -2.35. The lowest BCUT2D eigenvalue weighted by atomic mass is 9.88. The fourth-order valence-corrected chi connectivity index (χ4v) is 3.39. The highest BCUT2D eigenvalue weighted by Crippen LogP contribution is 2.51. The Kier molecular flexibility index (Phi) is 3.23. The van der Waals surface area contributed by atoms with E-state index in [1.54, 1.807) is 13.2 Å². The first-order valence-electron chi connectivity index (χ1n) is 6.61. The zero-order valence-electron chi connectivity index (χ0n) is 11.0. The molecule has 0 radical (unpaired) electrons. The van der Waals surface area contributed by atoms with E-state index in [0.717, 1.165) is 31.2 Å². The average Bonchev–Trinajstić information content (AvgIpc) is 2.85. The van der Waals surface area contributed by atoms with Crippen molar-refractivity contribution in [2.45, 2.75) is 31.2 Å². The van der Waals surface area contributed by atoms with Gasteiger partial charge in [0.1, 0.15) is 19.0 Å². The summed E-state index contributed by atoms with van der Waals surface area (Å²) < 4.78 is 16.7. The van der Waals surface area contributed by atoms with Gasteiger partial charge in [0.2, 0.25) is 0 Å². The van der Waals surface area contributed by atoms with Crippen LogP contribution in [0.3, 0.4) is 0 Å². The minimum Gasteiger partial charge on any atom is -0.495 e. The first-order chi connectivity index (χ1) is 9.15. The summed E-state index contributed by atoms with van der Waals surface area (Å²) in [6.45, 7) is 1.06. The third-order valence-electron chi connectivity index (χ3n) is 3.95. The Labute approximate surface area is 117 Å². The number of hydrogen-bond donors (Lipinski definition) is 1. The van der Waals surface area contributed by atoms with Crippen LogP contribution in [0.25, 0.3) is 0 Å². The van der Waals surface area contributed by atoms with Crippen LogP contribution in [0.2, 0.25) is 5.02 Å². The number of hydrogen-bond acceptors (Lipinski definition) is 4. The number of benzene rings is 1. The molecular formula is C14H18ClNO3. The van der Waals surface area contributed by atoms with Gasteiger partial charge >= 0.3 is 0 Å². The summed E-state index contributed by atoms with van der Waals surface area (Å²) in [5.74, 6) is 1.97. The Hall–Kier alpha value is -1.13. The molecule has 2 N–H and O–H groups in total. The van der Waals surface area contributed by atoms with Gasteiger partial charge in [-0.3, -0.25) is 0 Å². The number of nitrogens with two attached hydrogens (primary N) is 1. The van der Waals surface area contributed by atoms with Crippen molar-refractivity contribution < 1.29 is 14.2 Å². The van der Waals surface area contributed by atoms with E-state index in [9.17, 15) is 0 Å². The van der Waals surface area contributed by atoms with Crippen molar-refractivity contribution in [3.05, 3.63) is 16.7 Å². The predicted octanol–water partition coefficient (Wildman–Crippen LogP) is 2.85. The molecule has 1 aliphatic heterocycles. The molecule has 1 saturated carbocycles. The van der Waals surface area contributed by atoms with Crippen molar-refractivity contribution in [1.29, 1.82) is 0 Å². The highest BCUT2D eigenvalue weighted by Gasteiger charge is 2.39. The lowest BCUT2D eigenvalue weighted by Gasteiger charge is -2.31. The Balaban J connectivity index is 2.20. The zero-order chi connectivity index (χ0) is 13.5. The van der Waals surface area contributed by atoms with Crippen LogP contribution >= 0.6 is 11.6 Å². The molecule has 0 amide bonds. The number of ether oxygens (including phenoxy) is 3. The number of halogens is 1. The molecule has 1 fully saturated rings. The maximum Gasteiger partial charge on any atom is 0.168 e. The van der Waals surface area contributed by atoms with Crippen molar-refractivity contribution in [3.8, 4) is 17.2 Å². The monoisotopic (exact) mass is 283 g/mol. The molecule has 1 aliphatic carbocycles. The van der Waals surface area contributed by atoms with Crippen molar-refractivity contribution in [1.82, 2.24) is 0 Å². The number of methoxy groups -OCH3 is 1. The first kappa shape index (κ1) is 12.9. The first-order valence-corrected chi connectivity index (χ1v) is 6.99. The van der Waals surface area contributed by atoms with Gasteiger partial charge in [-0.2, -0.15) is 0 Å². The summed E-state index contributed by atoms with van der Waals surface area (Å²) in [5.41, 5.74) is 6.97. The van der Waals surface area contributed by atoms with Gasteiger partial charge in [-0.15, -0.1) is 0 Å². The Morgan fingerprint density at radius 3 is 2.63 bits per heavy atom. The summed E-state index contributed by atoms with van der Waals surface area (Å²) >= 11 is 6.48. The summed E-state index contributed by atoms with van der Waals surface area (Å²) in [6.07, 6.45) is 4.05. The Morgan fingerprint density at radius 2 is 1.95 bits per heavy atom. The van der Waals surface area contributed by atoms with Gasteiger partial charge in [0.05, 0.1) is 12.1 Å². The van der Waals surface area contributed by atoms with E-state index in [-0.39, 0.29) is 0 Å². The summed E-state index contributed by atoms with van der Waals surface area (Å²) in [7, 11) is 1.60. The topological polar surface area (TPSA) is 53.7 Å². The van der Waals surface area contributed by atoms with Gasteiger partial charge in [0.25, 0.3) is 0 Å². The SMILES string of the molecule is COc1cc2c(c(C3(N)CCCC3)c1Cl)OCCO2. The third kappa shape index (κ3) is 2.03. The largest absolute Gasteiger partial charge is 0.495 e. The quantitative estimate of drug-likeness (QED) is 0.907. The molecule has 104 valence electrons. The van der Waals surface area contributed by atoms with E-state index >= 15 is 0 Å². The van der Waals surface area contributed by atoms with Crippen molar-refractivity contribution in [2.24, 2.45) is 5.73 Å². The molecule has 19 heavy (non-hydrogen) atoms. The molecule has 4 nitrogen and oxygen atoms in total. The second-order valence-corrected chi connectivity index (χ2v) is 5.53. The highest BCUT2D eigenvalue weighted by atomic mass is 35.5. The zero-order valence-corrected chi connectivity index (χ0v) is 11.8. The second kappa shape index (κ2) is 4.76. The van der Waals surface area contributed by atoms with Crippen LogP contribution in [0.15, 0.2) is 6.07 Å². The third-order valence-corrected chi connectivity index (χ3v) is 4.32. The van der Waals surface area contributed by atoms with Crippen LogP contribution in [-0.4, -0.2) is 20.3 Å². The number of fused-ring (bicyclic) bond motifs is 1. The molecule has 0 bridgehead atoms. The molecule has 1 heterocycles. The summed E-state index contributed by atoms with van der Waals surface area (Å²) in [6, 6.07) is 1.78. The highest BCUT2D eigenvalue weighted by molar-refractivity contribution is 6.33. The van der Waals surface area contributed by atoms with Gasteiger partial charge in [-0.25, -0.2) is 0 Å². The van der Waals surface area contributed by atoms with Crippen molar-refractivity contribution >= 4 is 11.6 Å². The van der Waals surface area contributed by atoms with Crippen LogP contribution in [-0.2, 0) is 5.54 Å². The molecule has 1 aromatic rings. The average molecular weight is 284 g/mol. The van der Waals surface area contributed by atoms with Gasteiger partial charge in [0, 0.05) is 17.2 Å². The van der Waals surface area contributed by atoms with Crippen LogP contribution in [0, 0.1) is 0 Å². The molecule has 0 spiro atoms. The van der Waals surface area contributed by atoms with Gasteiger partial charge in [0.15, 0.2) is 11.5 Å². The molecule has 5 heteroatoms. The van der Waals surface area contributed by atoms with E-state index < -0.39 is 5.54 Å². The van der Waals surface area contributed by atoms with E-state index in [1.807, 2.05) is 0 Å². The smallest absolute Gasteiger partial charge is 0.168 e. The lowest BCUT2D eigenvalue weighted by molar-refractivity contribution is 0.166. The van der Waals surface area contributed by atoms with E-state index in [4.69, 9.17) is 31.5 Å². The fraction of sp³-hybridized carbons (Fsp3) is 0.571. The molecule has 0 atom stereocenters. The maximum absolute atomic E-state index is 6.55. The Morgan fingerprint density at radius 1 is 1.26 bits per heavy atom. The molecule has 2 aliphatic rings. The van der Waals surface area contributed by atoms with Gasteiger partial charge in [-0.1, -0.05) is 24.4 Å². The second-order valence-electron chi connectivity index (χ2n) is 5.16. The molecule has 3 rings (SSSR count). The standard InChI is InChI=1S/C14H18ClNO3/c1-17-9-8-10-13(19-7-6-18-10)11(12(9)15)14(16)4-2-3-5-14/h8H,2-7,16H2,1H3. The van der Waals surface area contributed by atoms with Crippen LogP contribution in [0.5, 0.6) is 17.2 Å².